The summed E-state index contributed by atoms with van der Waals surface area (Å²) in [7, 11) is 0. The SMILES string of the molecule is CCCOc1ccc(C2/C(=C(/O)c3ccc(OCC)cc3)C(=O)C(=O)N2c2ccccc2)cc1. The average Bonchev–Trinajstić information content (AvgIpc) is 3.14. The zero-order valence-electron chi connectivity index (χ0n) is 19.2. The second kappa shape index (κ2) is 10.3. The van der Waals surface area contributed by atoms with E-state index in [0.29, 0.717) is 41.5 Å². The molecule has 0 bridgehead atoms. The van der Waals surface area contributed by atoms with Crippen molar-refractivity contribution in [1.82, 2.24) is 0 Å². The Morgan fingerprint density at radius 2 is 1.47 bits per heavy atom. The van der Waals surface area contributed by atoms with Gasteiger partial charge >= 0.3 is 0 Å². The summed E-state index contributed by atoms with van der Waals surface area (Å²) in [5.41, 5.74) is 1.74. The number of aliphatic hydroxyl groups is 1. The van der Waals surface area contributed by atoms with Crippen LogP contribution < -0.4 is 14.4 Å². The molecule has 1 amide bonds. The Balaban J connectivity index is 1.82. The molecule has 1 heterocycles. The third-order valence-electron chi connectivity index (χ3n) is 5.59. The first-order chi connectivity index (χ1) is 16.5. The summed E-state index contributed by atoms with van der Waals surface area (Å²) in [4.78, 5) is 27.8. The third-order valence-corrected chi connectivity index (χ3v) is 5.59. The van der Waals surface area contributed by atoms with Gasteiger partial charge in [0.2, 0.25) is 0 Å². The fourth-order valence-electron chi connectivity index (χ4n) is 4.00. The van der Waals surface area contributed by atoms with Crippen molar-refractivity contribution in [3.8, 4) is 11.5 Å². The van der Waals surface area contributed by atoms with E-state index in [2.05, 4.69) is 0 Å². The zero-order valence-corrected chi connectivity index (χ0v) is 19.2. The van der Waals surface area contributed by atoms with Crippen LogP contribution in [0.25, 0.3) is 5.76 Å². The first kappa shape index (κ1) is 23.1. The summed E-state index contributed by atoms with van der Waals surface area (Å²) in [6.07, 6.45) is 0.887. The minimum atomic E-state index is -0.783. The van der Waals surface area contributed by atoms with Crippen molar-refractivity contribution in [3.05, 3.63) is 95.6 Å². The molecule has 34 heavy (non-hydrogen) atoms. The molecule has 1 atom stereocenters. The van der Waals surface area contributed by atoms with Gasteiger partial charge in [0.15, 0.2) is 0 Å². The van der Waals surface area contributed by atoms with Crippen molar-refractivity contribution in [3.63, 3.8) is 0 Å². The van der Waals surface area contributed by atoms with E-state index < -0.39 is 17.7 Å². The lowest BCUT2D eigenvalue weighted by Crippen LogP contribution is -2.29. The molecule has 1 N–H and O–H groups in total. The second-order valence-corrected chi connectivity index (χ2v) is 7.88. The highest BCUT2D eigenvalue weighted by molar-refractivity contribution is 6.51. The number of anilines is 1. The van der Waals surface area contributed by atoms with E-state index in [0.717, 1.165) is 6.42 Å². The van der Waals surface area contributed by atoms with E-state index in [9.17, 15) is 14.7 Å². The lowest BCUT2D eigenvalue weighted by Gasteiger charge is -2.25. The summed E-state index contributed by atoms with van der Waals surface area (Å²) in [5, 5.41) is 11.2. The molecular weight excluding hydrogens is 430 g/mol. The predicted molar refractivity (Wildman–Crippen MR) is 131 cm³/mol. The van der Waals surface area contributed by atoms with Crippen LogP contribution in [0.5, 0.6) is 11.5 Å². The van der Waals surface area contributed by atoms with Crippen LogP contribution in [0.2, 0.25) is 0 Å². The number of aliphatic hydroxyl groups excluding tert-OH is 1. The van der Waals surface area contributed by atoms with Gasteiger partial charge in [0.25, 0.3) is 11.7 Å². The maximum atomic E-state index is 13.2. The Kier molecular flexibility index (Phi) is 6.97. The molecule has 1 aliphatic rings. The molecule has 0 aliphatic carbocycles. The van der Waals surface area contributed by atoms with E-state index in [4.69, 9.17) is 9.47 Å². The quantitative estimate of drug-likeness (QED) is 0.275. The molecule has 0 radical (unpaired) electrons. The number of rotatable bonds is 8. The number of ether oxygens (including phenoxy) is 2. The van der Waals surface area contributed by atoms with E-state index in [-0.39, 0.29) is 11.3 Å². The van der Waals surface area contributed by atoms with Crippen molar-refractivity contribution < 1.29 is 24.2 Å². The molecule has 174 valence electrons. The number of benzene rings is 3. The lowest BCUT2D eigenvalue weighted by atomic mass is 9.95. The van der Waals surface area contributed by atoms with Gasteiger partial charge in [0, 0.05) is 11.3 Å². The normalized spacial score (nSPS) is 17.1. The van der Waals surface area contributed by atoms with Crippen LogP contribution in [0.15, 0.2) is 84.4 Å². The minimum Gasteiger partial charge on any atom is -0.507 e. The van der Waals surface area contributed by atoms with Crippen LogP contribution >= 0.6 is 0 Å². The highest BCUT2D eigenvalue weighted by Crippen LogP contribution is 2.42. The molecule has 1 saturated heterocycles. The summed E-state index contributed by atoms with van der Waals surface area (Å²) in [6, 6.07) is 22.3. The number of Topliss-reactive ketones (excluding diaryl/α,β-unsaturated/α-hetero) is 1. The number of hydrogen-bond acceptors (Lipinski definition) is 5. The Morgan fingerprint density at radius 1 is 0.853 bits per heavy atom. The van der Waals surface area contributed by atoms with Gasteiger partial charge in [0.1, 0.15) is 17.3 Å². The Bertz CT molecular complexity index is 1180. The molecule has 3 aromatic rings. The lowest BCUT2D eigenvalue weighted by molar-refractivity contribution is -0.132. The summed E-state index contributed by atoms with van der Waals surface area (Å²) < 4.78 is 11.2. The molecular formula is C28H27NO5. The monoisotopic (exact) mass is 457 g/mol. The van der Waals surface area contributed by atoms with Gasteiger partial charge < -0.3 is 14.6 Å². The first-order valence-corrected chi connectivity index (χ1v) is 11.4. The van der Waals surface area contributed by atoms with Gasteiger partial charge in [-0.1, -0.05) is 37.3 Å². The molecule has 6 nitrogen and oxygen atoms in total. The van der Waals surface area contributed by atoms with Gasteiger partial charge in [-0.25, -0.2) is 0 Å². The number of carbonyl (C=O) groups is 2. The van der Waals surface area contributed by atoms with Gasteiger partial charge in [-0.05, 0) is 67.4 Å². The van der Waals surface area contributed by atoms with E-state index in [1.165, 1.54) is 4.90 Å². The largest absolute Gasteiger partial charge is 0.507 e. The number of hydrogen-bond donors (Lipinski definition) is 1. The molecule has 0 aromatic heterocycles. The molecule has 1 unspecified atom stereocenters. The van der Waals surface area contributed by atoms with Gasteiger partial charge in [-0.2, -0.15) is 0 Å². The third kappa shape index (κ3) is 4.53. The van der Waals surface area contributed by atoms with Crippen LogP contribution in [0, 0.1) is 0 Å². The molecule has 0 saturated carbocycles. The molecule has 6 heteroatoms. The van der Waals surface area contributed by atoms with Gasteiger partial charge in [0.05, 0.1) is 24.8 Å². The van der Waals surface area contributed by atoms with Gasteiger partial charge in [-0.15, -0.1) is 0 Å². The highest BCUT2D eigenvalue weighted by Gasteiger charge is 2.46. The van der Waals surface area contributed by atoms with E-state index >= 15 is 0 Å². The van der Waals surface area contributed by atoms with Crippen molar-refractivity contribution in [2.24, 2.45) is 0 Å². The minimum absolute atomic E-state index is 0.0419. The molecule has 0 spiro atoms. The average molecular weight is 458 g/mol. The fraction of sp³-hybridized carbons (Fsp3) is 0.214. The number of ketones is 1. The summed E-state index contributed by atoms with van der Waals surface area (Å²) in [6.45, 7) is 5.03. The van der Waals surface area contributed by atoms with Crippen LogP contribution in [-0.2, 0) is 9.59 Å². The summed E-state index contributed by atoms with van der Waals surface area (Å²) in [5.74, 6) is -0.283. The van der Waals surface area contributed by atoms with Gasteiger partial charge in [-0.3, -0.25) is 14.5 Å². The smallest absolute Gasteiger partial charge is 0.300 e. The Hall–Kier alpha value is -4.06. The van der Waals surface area contributed by atoms with Crippen molar-refractivity contribution in [2.75, 3.05) is 18.1 Å². The predicted octanol–water partition coefficient (Wildman–Crippen LogP) is 5.50. The van der Waals surface area contributed by atoms with E-state index in [1.807, 2.05) is 44.2 Å². The maximum Gasteiger partial charge on any atom is 0.300 e. The maximum absolute atomic E-state index is 13.2. The molecule has 3 aromatic carbocycles. The first-order valence-electron chi connectivity index (χ1n) is 11.4. The van der Waals surface area contributed by atoms with Crippen LogP contribution in [0.3, 0.4) is 0 Å². The Morgan fingerprint density at radius 3 is 2.09 bits per heavy atom. The number of para-hydroxylation sites is 1. The topological polar surface area (TPSA) is 76.1 Å². The van der Waals surface area contributed by atoms with Crippen LogP contribution in [0.1, 0.15) is 37.4 Å². The standard InChI is InChI=1S/C28H27NO5/c1-3-18-34-23-14-10-19(11-15-23)25-24(26(30)20-12-16-22(17-13-20)33-4-2)27(31)28(32)29(25)21-8-6-5-7-9-21/h5-17,25,30H,3-4,18H2,1-2H3/b26-24-. The Labute approximate surface area is 199 Å². The second-order valence-electron chi connectivity index (χ2n) is 7.88. The van der Waals surface area contributed by atoms with Crippen molar-refractivity contribution >= 4 is 23.1 Å². The van der Waals surface area contributed by atoms with Crippen molar-refractivity contribution in [1.29, 1.82) is 0 Å². The molecule has 4 rings (SSSR count). The number of nitrogens with zero attached hydrogens (tertiary/aromatic N) is 1. The molecule has 1 fully saturated rings. The molecule has 1 aliphatic heterocycles. The van der Waals surface area contributed by atoms with Crippen LogP contribution in [0.4, 0.5) is 5.69 Å². The number of carbonyl (C=O) groups excluding carboxylic acids is 2. The number of amides is 1. The fourth-order valence-corrected chi connectivity index (χ4v) is 4.00. The van der Waals surface area contributed by atoms with E-state index in [1.54, 1.807) is 48.5 Å². The van der Waals surface area contributed by atoms with Crippen molar-refractivity contribution in [2.45, 2.75) is 26.3 Å². The highest BCUT2D eigenvalue weighted by atomic mass is 16.5. The van der Waals surface area contributed by atoms with Crippen LogP contribution in [-0.4, -0.2) is 30.0 Å². The zero-order chi connectivity index (χ0) is 24.1. The summed E-state index contributed by atoms with van der Waals surface area (Å²) >= 11 is 0.